The number of aromatic nitrogens is 1. The van der Waals surface area contributed by atoms with E-state index in [0.29, 0.717) is 18.6 Å². The second-order valence-corrected chi connectivity index (χ2v) is 17.6. The van der Waals surface area contributed by atoms with Gasteiger partial charge in [0.05, 0.1) is 27.3 Å². The zero-order chi connectivity index (χ0) is 38.0. The fourth-order valence-electron chi connectivity index (χ4n) is 7.29. The molecule has 0 bridgehead atoms. The number of likely N-dealkylation sites (N-methyl/N-ethyl adjacent to an activating group) is 1. The maximum Gasteiger partial charge on any atom is 0.168 e. The van der Waals surface area contributed by atoms with Gasteiger partial charge in [0.15, 0.2) is 12.4 Å². The lowest BCUT2D eigenvalue weighted by atomic mass is 9.72. The summed E-state index contributed by atoms with van der Waals surface area (Å²) < 4.78 is 14.9. The maximum absolute atomic E-state index is 5.87. The molecule has 0 fully saturated rings. The minimum atomic E-state index is 0. The lowest BCUT2D eigenvalue weighted by Gasteiger charge is -2.33. The van der Waals surface area contributed by atoms with E-state index in [-0.39, 0.29) is 17.8 Å². The van der Waals surface area contributed by atoms with Crippen molar-refractivity contribution >= 4 is 12.4 Å². The molecule has 0 radical (unpaired) electrons. The molecule has 1 heterocycles. The van der Waals surface area contributed by atoms with Gasteiger partial charge < -0.3 is 14.0 Å². The number of pyridine rings is 1. The Morgan fingerprint density at radius 3 is 1.62 bits per heavy atom. The van der Waals surface area contributed by atoms with Crippen LogP contribution in [0.15, 0.2) is 85.2 Å². The molecular formula is C48H81ClN2O2+2. The van der Waals surface area contributed by atoms with Crippen molar-refractivity contribution in [1.82, 2.24) is 0 Å². The Hall–Kier alpha value is -2.40. The van der Waals surface area contributed by atoms with E-state index < -0.39 is 0 Å². The lowest BCUT2D eigenvalue weighted by molar-refractivity contribution is -0.904. The van der Waals surface area contributed by atoms with Gasteiger partial charge in [0.1, 0.15) is 32.0 Å². The summed E-state index contributed by atoms with van der Waals surface area (Å²) in [5, 5.41) is 0. The number of unbranched alkanes of at least 4 members (excludes halogenated alkanes) is 13. The summed E-state index contributed by atoms with van der Waals surface area (Å²) in [4.78, 5) is 0. The number of aryl methyl sites for hydroxylation is 1. The standard InChI is InChI=1S/C27H42NO2.C21H38N.ClH/c1-26(2,3)22-27(4,5)24-13-15-25(16-14-24)30-20-19-29-18-17-28(6,7)21-23-11-9-8-10-12-23;1-2-3-4-5-6-7-8-9-10-11-12-13-14-16-19-22-20-17-15-18-21-22;/h8-16H,17-22H2,1-7H3;15,17-18,20-21H,2-14,16,19H2,1H3;1H/q2*+1;. The molecule has 53 heavy (non-hydrogen) atoms. The minimum absolute atomic E-state index is 0. The van der Waals surface area contributed by atoms with Gasteiger partial charge >= 0.3 is 0 Å². The Balaban J connectivity index is 0.000000545. The normalized spacial score (nSPS) is 11.8. The molecule has 0 N–H and O–H groups in total. The molecule has 0 unspecified atom stereocenters. The molecule has 1 aromatic heterocycles. The van der Waals surface area contributed by atoms with Crippen molar-refractivity contribution in [3.05, 3.63) is 96.3 Å². The highest BCUT2D eigenvalue weighted by Gasteiger charge is 2.27. The van der Waals surface area contributed by atoms with Crippen LogP contribution in [0.4, 0.5) is 0 Å². The predicted molar refractivity (Wildman–Crippen MR) is 231 cm³/mol. The first kappa shape index (κ1) is 48.6. The number of hydrogen-bond donors (Lipinski definition) is 0. The fraction of sp³-hybridized carbons (Fsp3) is 0.646. The SMILES string of the molecule is CC(C)(C)CC(C)(C)c1ccc(OCCOCC[N+](C)(C)Cc2ccccc2)cc1.CCCCCCCCCCCCCCCC[n+]1ccccc1.Cl. The van der Waals surface area contributed by atoms with E-state index in [1.165, 1.54) is 108 Å². The highest BCUT2D eigenvalue weighted by molar-refractivity contribution is 5.85. The molecule has 0 aliphatic heterocycles. The van der Waals surface area contributed by atoms with E-state index in [4.69, 9.17) is 9.47 Å². The molecule has 2 aromatic carbocycles. The van der Waals surface area contributed by atoms with Crippen LogP contribution < -0.4 is 9.30 Å². The molecule has 0 aliphatic rings. The smallest absolute Gasteiger partial charge is 0.168 e. The summed E-state index contributed by atoms with van der Waals surface area (Å²) >= 11 is 0. The Bertz CT molecular complexity index is 1260. The Labute approximate surface area is 334 Å². The van der Waals surface area contributed by atoms with Crippen molar-refractivity contribution in [1.29, 1.82) is 0 Å². The Kier molecular flexibility index (Phi) is 25.8. The number of hydrogen-bond acceptors (Lipinski definition) is 2. The Morgan fingerprint density at radius 1 is 0.585 bits per heavy atom. The summed E-state index contributed by atoms with van der Waals surface area (Å²) in [6, 6.07) is 25.5. The van der Waals surface area contributed by atoms with Crippen LogP contribution >= 0.6 is 12.4 Å². The first-order chi connectivity index (χ1) is 24.9. The average Bonchev–Trinajstić information content (AvgIpc) is 3.10. The van der Waals surface area contributed by atoms with E-state index in [1.807, 2.05) is 0 Å². The van der Waals surface area contributed by atoms with E-state index in [0.717, 1.165) is 36.3 Å². The highest BCUT2D eigenvalue weighted by Crippen LogP contribution is 2.36. The number of ether oxygens (including phenoxy) is 2. The molecule has 0 saturated carbocycles. The van der Waals surface area contributed by atoms with Crippen molar-refractivity contribution in [2.45, 2.75) is 156 Å². The molecule has 0 aliphatic carbocycles. The van der Waals surface area contributed by atoms with Gasteiger partial charge in [-0.2, -0.15) is 0 Å². The van der Waals surface area contributed by atoms with Crippen molar-refractivity contribution in [3.63, 3.8) is 0 Å². The second kappa shape index (κ2) is 28.1. The highest BCUT2D eigenvalue weighted by atomic mass is 35.5. The number of quaternary nitrogens is 1. The topological polar surface area (TPSA) is 22.3 Å². The van der Waals surface area contributed by atoms with E-state index in [2.05, 4.69) is 145 Å². The monoisotopic (exact) mass is 753 g/mol. The van der Waals surface area contributed by atoms with Gasteiger partial charge in [-0.1, -0.05) is 167 Å². The van der Waals surface area contributed by atoms with Gasteiger partial charge in [-0.15, -0.1) is 12.4 Å². The third-order valence-electron chi connectivity index (χ3n) is 9.95. The summed E-state index contributed by atoms with van der Waals surface area (Å²) in [6.45, 7) is 18.9. The van der Waals surface area contributed by atoms with E-state index in [9.17, 15) is 0 Å². The van der Waals surface area contributed by atoms with Gasteiger partial charge in [0.2, 0.25) is 0 Å². The predicted octanol–water partition coefficient (Wildman–Crippen LogP) is 12.9. The molecular weight excluding hydrogens is 672 g/mol. The number of benzene rings is 2. The van der Waals surface area contributed by atoms with Gasteiger partial charge in [-0.3, -0.25) is 0 Å². The van der Waals surface area contributed by atoms with Crippen molar-refractivity contribution in [3.8, 4) is 5.75 Å². The fourth-order valence-corrected chi connectivity index (χ4v) is 7.29. The zero-order valence-corrected chi connectivity index (χ0v) is 36.4. The van der Waals surface area contributed by atoms with Crippen LogP contribution in [0.5, 0.6) is 5.75 Å². The van der Waals surface area contributed by atoms with Crippen LogP contribution in [0.1, 0.15) is 149 Å². The summed E-state index contributed by atoms with van der Waals surface area (Å²) in [5.41, 5.74) is 3.19. The summed E-state index contributed by atoms with van der Waals surface area (Å²) in [5.74, 6) is 0.911. The largest absolute Gasteiger partial charge is 0.491 e. The molecule has 0 saturated heterocycles. The first-order valence-electron chi connectivity index (χ1n) is 21.0. The quantitative estimate of drug-likeness (QED) is 0.0463. The van der Waals surface area contributed by atoms with Gasteiger partial charge in [-0.25, -0.2) is 4.57 Å². The number of nitrogens with zero attached hydrogens (tertiary/aromatic N) is 2. The Morgan fingerprint density at radius 2 is 1.09 bits per heavy atom. The molecule has 3 aromatic rings. The molecule has 300 valence electrons. The molecule has 0 atom stereocenters. The van der Waals surface area contributed by atoms with Crippen LogP contribution in [-0.4, -0.2) is 44.9 Å². The molecule has 0 spiro atoms. The lowest BCUT2D eigenvalue weighted by Crippen LogP contribution is -2.41. The molecule has 4 nitrogen and oxygen atoms in total. The van der Waals surface area contributed by atoms with Gasteiger partial charge in [0, 0.05) is 24.1 Å². The van der Waals surface area contributed by atoms with E-state index >= 15 is 0 Å². The van der Waals surface area contributed by atoms with Crippen molar-refractivity contribution < 1.29 is 18.5 Å². The average molecular weight is 754 g/mol. The second-order valence-electron chi connectivity index (χ2n) is 17.6. The summed E-state index contributed by atoms with van der Waals surface area (Å²) in [6.07, 6.45) is 25.6. The first-order valence-corrected chi connectivity index (χ1v) is 21.0. The minimum Gasteiger partial charge on any atom is -0.491 e. The maximum atomic E-state index is 5.87. The third kappa shape index (κ3) is 25.3. The van der Waals surface area contributed by atoms with Crippen LogP contribution in [-0.2, 0) is 23.2 Å². The van der Waals surface area contributed by atoms with Crippen LogP contribution in [0.25, 0.3) is 0 Å². The number of rotatable bonds is 26. The van der Waals surface area contributed by atoms with Crippen LogP contribution in [0.3, 0.4) is 0 Å². The van der Waals surface area contributed by atoms with Crippen molar-refractivity contribution in [2.75, 3.05) is 40.5 Å². The molecule has 5 heteroatoms. The van der Waals surface area contributed by atoms with Crippen molar-refractivity contribution in [2.24, 2.45) is 5.41 Å². The van der Waals surface area contributed by atoms with Crippen LogP contribution in [0.2, 0.25) is 0 Å². The number of halogens is 1. The molecule has 0 amide bonds. The van der Waals surface area contributed by atoms with Gasteiger partial charge in [0.25, 0.3) is 0 Å². The summed E-state index contributed by atoms with van der Waals surface area (Å²) in [7, 11) is 4.49. The van der Waals surface area contributed by atoms with Gasteiger partial charge in [-0.05, 0) is 41.4 Å². The van der Waals surface area contributed by atoms with Crippen LogP contribution in [0, 0.1) is 5.41 Å². The zero-order valence-electron chi connectivity index (χ0n) is 35.6. The molecule has 3 rings (SSSR count). The van der Waals surface area contributed by atoms with E-state index in [1.54, 1.807) is 0 Å². The third-order valence-corrected chi connectivity index (χ3v) is 9.95.